The molecule has 0 aliphatic rings. The summed E-state index contributed by atoms with van der Waals surface area (Å²) in [5.74, 6) is -2.97. The molecule has 20 heavy (non-hydrogen) atoms. The van der Waals surface area contributed by atoms with Gasteiger partial charge in [0.2, 0.25) is 0 Å². The van der Waals surface area contributed by atoms with Gasteiger partial charge < -0.3 is 11.1 Å². The van der Waals surface area contributed by atoms with Crippen LogP contribution in [-0.2, 0) is 0 Å². The van der Waals surface area contributed by atoms with E-state index in [1.54, 1.807) is 0 Å². The van der Waals surface area contributed by atoms with Gasteiger partial charge in [0.05, 0.1) is 21.3 Å². The number of carbonyl (C=O) groups excluding carboxylic acids is 1. The Balaban J connectivity index is 2.36. The van der Waals surface area contributed by atoms with Crippen LogP contribution in [0.1, 0.15) is 10.4 Å². The maximum atomic E-state index is 13.5. The van der Waals surface area contributed by atoms with E-state index in [9.17, 15) is 13.6 Å². The van der Waals surface area contributed by atoms with Gasteiger partial charge in [0.25, 0.3) is 5.91 Å². The number of nitrogens with one attached hydrogen (secondary N) is 1. The van der Waals surface area contributed by atoms with Crippen LogP contribution in [0.15, 0.2) is 30.3 Å². The predicted molar refractivity (Wildman–Crippen MR) is 75.2 cm³/mol. The van der Waals surface area contributed by atoms with Gasteiger partial charge in [0.15, 0.2) is 11.6 Å². The normalized spacial score (nSPS) is 10.4. The van der Waals surface area contributed by atoms with Crippen LogP contribution < -0.4 is 11.1 Å². The Morgan fingerprint density at radius 3 is 2.60 bits per heavy atom. The summed E-state index contributed by atoms with van der Waals surface area (Å²) in [6.45, 7) is 0. The molecular weight excluding hydrogens is 309 g/mol. The topological polar surface area (TPSA) is 55.1 Å². The van der Waals surface area contributed by atoms with Gasteiger partial charge in [-0.1, -0.05) is 29.3 Å². The van der Waals surface area contributed by atoms with Crippen LogP contribution in [0.5, 0.6) is 0 Å². The SMILES string of the molecule is Nc1cc(Cl)c(Cl)c(C(=O)Nc2cccc(F)c2F)c1. The average Bonchev–Trinajstić information content (AvgIpc) is 2.39. The number of amides is 1. The van der Waals surface area contributed by atoms with Gasteiger partial charge in [-0.3, -0.25) is 4.79 Å². The van der Waals surface area contributed by atoms with E-state index >= 15 is 0 Å². The van der Waals surface area contributed by atoms with Crippen LogP contribution in [0.4, 0.5) is 20.2 Å². The summed E-state index contributed by atoms with van der Waals surface area (Å²) < 4.78 is 26.5. The first kappa shape index (κ1) is 14.6. The fourth-order valence-corrected chi connectivity index (χ4v) is 1.99. The summed E-state index contributed by atoms with van der Waals surface area (Å²) in [5, 5.41) is 2.29. The van der Waals surface area contributed by atoms with Crippen molar-refractivity contribution in [1.82, 2.24) is 0 Å². The second-order valence-electron chi connectivity index (χ2n) is 3.92. The first-order valence-electron chi connectivity index (χ1n) is 5.40. The Kier molecular flexibility index (Phi) is 4.11. The summed E-state index contributed by atoms with van der Waals surface area (Å²) in [7, 11) is 0. The molecule has 0 bridgehead atoms. The standard InChI is InChI=1S/C13H8Cl2F2N2O/c14-8-5-6(18)4-7(11(8)15)13(20)19-10-3-1-2-9(16)12(10)17/h1-5H,18H2,(H,19,20). The number of hydrogen-bond donors (Lipinski definition) is 2. The number of benzene rings is 2. The van der Waals surface area contributed by atoms with E-state index in [-0.39, 0.29) is 27.0 Å². The first-order valence-corrected chi connectivity index (χ1v) is 6.15. The summed E-state index contributed by atoms with van der Waals surface area (Å²) in [6.07, 6.45) is 0. The zero-order chi connectivity index (χ0) is 14.9. The number of carbonyl (C=O) groups is 1. The molecule has 0 saturated heterocycles. The highest BCUT2D eigenvalue weighted by atomic mass is 35.5. The lowest BCUT2D eigenvalue weighted by Crippen LogP contribution is -2.14. The maximum absolute atomic E-state index is 13.5. The fourth-order valence-electron chi connectivity index (χ4n) is 1.57. The Hall–Kier alpha value is -1.85. The maximum Gasteiger partial charge on any atom is 0.257 e. The molecule has 0 atom stereocenters. The van der Waals surface area contributed by atoms with Crippen LogP contribution in [0.3, 0.4) is 0 Å². The van der Waals surface area contributed by atoms with E-state index in [0.29, 0.717) is 0 Å². The molecule has 0 saturated carbocycles. The van der Waals surface area contributed by atoms with Gasteiger partial charge in [-0.15, -0.1) is 0 Å². The predicted octanol–water partition coefficient (Wildman–Crippen LogP) is 4.11. The molecule has 7 heteroatoms. The van der Waals surface area contributed by atoms with Crippen LogP contribution in [-0.4, -0.2) is 5.91 Å². The lowest BCUT2D eigenvalue weighted by atomic mass is 10.1. The number of hydrogen-bond acceptors (Lipinski definition) is 2. The van der Waals surface area contributed by atoms with Crippen LogP contribution in [0.25, 0.3) is 0 Å². The van der Waals surface area contributed by atoms with Crippen molar-refractivity contribution in [3.63, 3.8) is 0 Å². The largest absolute Gasteiger partial charge is 0.399 e. The number of anilines is 2. The Labute approximate surface area is 123 Å². The van der Waals surface area contributed by atoms with Crippen molar-refractivity contribution < 1.29 is 13.6 Å². The van der Waals surface area contributed by atoms with E-state index in [1.807, 2.05) is 0 Å². The average molecular weight is 317 g/mol. The number of rotatable bonds is 2. The van der Waals surface area contributed by atoms with E-state index < -0.39 is 17.5 Å². The van der Waals surface area contributed by atoms with E-state index in [0.717, 1.165) is 6.07 Å². The van der Waals surface area contributed by atoms with Crippen LogP contribution >= 0.6 is 23.2 Å². The van der Waals surface area contributed by atoms with E-state index in [1.165, 1.54) is 24.3 Å². The second-order valence-corrected chi connectivity index (χ2v) is 4.70. The molecule has 2 aromatic rings. The lowest BCUT2D eigenvalue weighted by Gasteiger charge is -2.09. The number of halogens is 4. The third-order valence-electron chi connectivity index (χ3n) is 2.49. The third-order valence-corrected chi connectivity index (χ3v) is 3.30. The Morgan fingerprint density at radius 1 is 1.20 bits per heavy atom. The fraction of sp³-hybridized carbons (Fsp3) is 0. The van der Waals surface area contributed by atoms with E-state index in [2.05, 4.69) is 5.32 Å². The smallest absolute Gasteiger partial charge is 0.257 e. The van der Waals surface area contributed by atoms with Gasteiger partial charge >= 0.3 is 0 Å². The Bertz CT molecular complexity index is 692. The van der Waals surface area contributed by atoms with Crippen molar-refractivity contribution in [1.29, 1.82) is 0 Å². The zero-order valence-electron chi connectivity index (χ0n) is 9.88. The van der Waals surface area contributed by atoms with Gasteiger partial charge in [-0.2, -0.15) is 0 Å². The van der Waals surface area contributed by atoms with Crippen molar-refractivity contribution >= 4 is 40.5 Å². The van der Waals surface area contributed by atoms with Crippen molar-refractivity contribution in [2.24, 2.45) is 0 Å². The number of nitrogens with two attached hydrogens (primary N) is 1. The second kappa shape index (κ2) is 5.64. The monoisotopic (exact) mass is 316 g/mol. The highest BCUT2D eigenvalue weighted by Crippen LogP contribution is 2.29. The summed E-state index contributed by atoms with van der Waals surface area (Å²) in [6, 6.07) is 6.10. The van der Waals surface area contributed by atoms with Crippen molar-refractivity contribution in [2.75, 3.05) is 11.1 Å². The molecule has 0 aliphatic heterocycles. The molecule has 0 heterocycles. The molecule has 0 fully saturated rings. The molecule has 0 radical (unpaired) electrons. The molecule has 0 aromatic heterocycles. The molecule has 1 amide bonds. The molecule has 3 N–H and O–H groups in total. The summed E-state index contributed by atoms with van der Waals surface area (Å²) in [4.78, 5) is 12.0. The Morgan fingerprint density at radius 2 is 1.90 bits per heavy atom. The highest BCUT2D eigenvalue weighted by Gasteiger charge is 2.17. The molecule has 104 valence electrons. The minimum Gasteiger partial charge on any atom is -0.399 e. The minimum absolute atomic E-state index is 0.0184. The molecule has 3 nitrogen and oxygen atoms in total. The summed E-state index contributed by atoms with van der Waals surface area (Å²) >= 11 is 11.7. The molecule has 2 rings (SSSR count). The van der Waals surface area contributed by atoms with E-state index in [4.69, 9.17) is 28.9 Å². The molecule has 0 spiro atoms. The van der Waals surface area contributed by atoms with Gasteiger partial charge in [0.1, 0.15) is 0 Å². The third kappa shape index (κ3) is 2.84. The van der Waals surface area contributed by atoms with Gasteiger partial charge in [0, 0.05) is 5.69 Å². The molecule has 2 aromatic carbocycles. The number of nitrogen functional groups attached to an aromatic ring is 1. The van der Waals surface area contributed by atoms with Gasteiger partial charge in [-0.25, -0.2) is 8.78 Å². The molecule has 0 unspecified atom stereocenters. The first-order chi connectivity index (χ1) is 9.40. The van der Waals surface area contributed by atoms with Crippen molar-refractivity contribution in [3.8, 4) is 0 Å². The quantitative estimate of drug-likeness (QED) is 0.819. The van der Waals surface area contributed by atoms with Crippen LogP contribution in [0, 0.1) is 11.6 Å². The van der Waals surface area contributed by atoms with Gasteiger partial charge in [-0.05, 0) is 24.3 Å². The molecular formula is C13H8Cl2F2N2O. The molecule has 0 aliphatic carbocycles. The lowest BCUT2D eigenvalue weighted by molar-refractivity contribution is 0.102. The summed E-state index contributed by atoms with van der Waals surface area (Å²) in [5.41, 5.74) is 5.45. The zero-order valence-corrected chi connectivity index (χ0v) is 11.4. The van der Waals surface area contributed by atoms with Crippen molar-refractivity contribution in [3.05, 3.63) is 57.6 Å². The minimum atomic E-state index is -1.16. The van der Waals surface area contributed by atoms with Crippen molar-refractivity contribution in [2.45, 2.75) is 0 Å². The highest BCUT2D eigenvalue weighted by molar-refractivity contribution is 6.44. The van der Waals surface area contributed by atoms with Crippen LogP contribution in [0.2, 0.25) is 10.0 Å².